The van der Waals surface area contributed by atoms with Crippen LogP contribution in [0.2, 0.25) is 0 Å². The number of halogens is 3. The number of carbonyl (C=O) groups is 1. The lowest BCUT2D eigenvalue weighted by molar-refractivity contribution is -0.129. The molecule has 26 heavy (non-hydrogen) atoms. The number of carboxylic acids is 1. The molecule has 1 heterocycles. The Bertz CT molecular complexity index is 818. The highest BCUT2D eigenvalue weighted by molar-refractivity contribution is 7.11. The van der Waals surface area contributed by atoms with E-state index >= 15 is 0 Å². The fourth-order valence-corrected chi connectivity index (χ4v) is 3.04. The van der Waals surface area contributed by atoms with Crippen LogP contribution in [0.4, 0.5) is 13.2 Å². The number of oxime groups is 1. The van der Waals surface area contributed by atoms with Crippen molar-refractivity contribution in [2.75, 3.05) is 7.11 Å². The van der Waals surface area contributed by atoms with Crippen LogP contribution in [-0.4, -0.2) is 35.1 Å². The third-order valence-corrected chi connectivity index (χ3v) is 4.12. The number of aromatic nitrogens is 1. The molecule has 0 saturated carbocycles. The zero-order chi connectivity index (χ0) is 19.3. The Morgan fingerprint density at radius 3 is 2.65 bits per heavy atom. The number of hydrogen-bond donors (Lipinski definition) is 1. The van der Waals surface area contributed by atoms with Crippen molar-refractivity contribution in [3.8, 4) is 5.88 Å². The van der Waals surface area contributed by atoms with Gasteiger partial charge < -0.3 is 14.7 Å². The van der Waals surface area contributed by atoms with Gasteiger partial charge in [0.15, 0.2) is 5.71 Å². The molecule has 0 fully saturated rings. The van der Waals surface area contributed by atoms with E-state index in [9.17, 15) is 23.1 Å². The summed E-state index contributed by atoms with van der Waals surface area (Å²) in [6.45, 7) is 1.52. The van der Waals surface area contributed by atoms with E-state index in [1.54, 1.807) is 25.1 Å². The summed E-state index contributed by atoms with van der Waals surface area (Å²) in [7, 11) is 1.23. The predicted octanol–water partition coefficient (Wildman–Crippen LogP) is 3.57. The van der Waals surface area contributed by atoms with Crippen molar-refractivity contribution in [2.45, 2.75) is 26.1 Å². The highest BCUT2D eigenvalue weighted by Crippen LogP contribution is 2.30. The smallest absolute Gasteiger partial charge is 0.395 e. The number of benzene rings is 1. The average molecular weight is 388 g/mol. The Balaban J connectivity index is 2.21. The Morgan fingerprint density at radius 1 is 1.35 bits per heavy atom. The van der Waals surface area contributed by atoms with E-state index in [0.717, 1.165) is 11.3 Å². The molecule has 0 saturated heterocycles. The van der Waals surface area contributed by atoms with Crippen LogP contribution in [0, 0.1) is 6.92 Å². The number of thiazole rings is 1. The van der Waals surface area contributed by atoms with Crippen LogP contribution in [0.25, 0.3) is 0 Å². The molecule has 0 unspecified atom stereocenters. The molecule has 0 aliphatic heterocycles. The first-order valence-corrected chi connectivity index (χ1v) is 8.11. The second-order valence-electron chi connectivity index (χ2n) is 5.13. The number of ether oxygens (including phenoxy) is 1. The minimum atomic E-state index is -4.35. The summed E-state index contributed by atoms with van der Waals surface area (Å²) in [5.41, 5.74) is 0.458. The monoisotopic (exact) mass is 388 g/mol. The molecule has 2 aromatic rings. The van der Waals surface area contributed by atoms with Gasteiger partial charge in [-0.25, -0.2) is 9.78 Å². The molecule has 0 aliphatic carbocycles. The molecular formula is C16H15F3N2O4S. The fraction of sp³-hybridized carbons (Fsp3) is 0.312. The van der Waals surface area contributed by atoms with Gasteiger partial charge in [-0.05, 0) is 12.5 Å². The SMILES string of the molecule is CO/N=C(/C(=O)O)c1ccccc1COc1nc(CC(F)(F)F)sc1C. The molecule has 1 aromatic carbocycles. The van der Waals surface area contributed by atoms with Crippen molar-refractivity contribution in [3.05, 3.63) is 45.3 Å². The number of rotatable bonds is 7. The number of hydrogen-bond acceptors (Lipinski definition) is 6. The summed E-state index contributed by atoms with van der Waals surface area (Å²) in [5, 5.41) is 12.7. The number of aliphatic carboxylic acids is 1. The van der Waals surface area contributed by atoms with Crippen LogP contribution in [0.3, 0.4) is 0 Å². The van der Waals surface area contributed by atoms with E-state index in [-0.39, 0.29) is 28.8 Å². The number of carboxylic acid groups (broad SMARTS) is 1. The van der Waals surface area contributed by atoms with Gasteiger partial charge in [0.1, 0.15) is 18.7 Å². The van der Waals surface area contributed by atoms with E-state index < -0.39 is 18.6 Å². The first-order chi connectivity index (χ1) is 12.2. The number of nitrogens with zero attached hydrogens (tertiary/aromatic N) is 2. The third kappa shape index (κ3) is 5.19. The van der Waals surface area contributed by atoms with E-state index in [1.807, 2.05) is 0 Å². The zero-order valence-electron chi connectivity index (χ0n) is 13.8. The Labute approximate surface area is 150 Å². The Kier molecular flexibility index (Phi) is 6.19. The van der Waals surface area contributed by atoms with Crippen molar-refractivity contribution < 1.29 is 32.6 Å². The molecular weight excluding hydrogens is 373 g/mol. The van der Waals surface area contributed by atoms with E-state index in [4.69, 9.17) is 4.74 Å². The normalized spacial score (nSPS) is 12.1. The minimum Gasteiger partial charge on any atom is -0.476 e. The van der Waals surface area contributed by atoms with E-state index in [1.165, 1.54) is 13.2 Å². The minimum absolute atomic E-state index is 0.0811. The van der Waals surface area contributed by atoms with Crippen LogP contribution in [0.1, 0.15) is 21.0 Å². The molecule has 0 atom stereocenters. The fourth-order valence-electron chi connectivity index (χ4n) is 2.13. The van der Waals surface area contributed by atoms with Crippen molar-refractivity contribution >= 4 is 23.0 Å². The number of alkyl halides is 3. The summed E-state index contributed by atoms with van der Waals surface area (Å²) < 4.78 is 42.9. The summed E-state index contributed by atoms with van der Waals surface area (Å²) in [6, 6.07) is 6.47. The van der Waals surface area contributed by atoms with Crippen molar-refractivity contribution in [1.29, 1.82) is 0 Å². The van der Waals surface area contributed by atoms with Gasteiger partial charge in [-0.2, -0.15) is 13.2 Å². The van der Waals surface area contributed by atoms with Crippen LogP contribution < -0.4 is 4.74 Å². The van der Waals surface area contributed by atoms with Crippen LogP contribution >= 0.6 is 11.3 Å². The van der Waals surface area contributed by atoms with Gasteiger partial charge in [0.2, 0.25) is 5.88 Å². The van der Waals surface area contributed by atoms with Crippen molar-refractivity contribution in [1.82, 2.24) is 4.98 Å². The van der Waals surface area contributed by atoms with Crippen LogP contribution in [0.5, 0.6) is 5.88 Å². The Morgan fingerprint density at radius 2 is 2.04 bits per heavy atom. The lowest BCUT2D eigenvalue weighted by Gasteiger charge is -2.10. The van der Waals surface area contributed by atoms with Gasteiger partial charge in [-0.1, -0.05) is 29.4 Å². The van der Waals surface area contributed by atoms with Crippen LogP contribution in [-0.2, 0) is 22.7 Å². The third-order valence-electron chi connectivity index (χ3n) is 3.17. The van der Waals surface area contributed by atoms with E-state index in [0.29, 0.717) is 10.4 Å². The highest BCUT2D eigenvalue weighted by Gasteiger charge is 2.30. The standard InChI is InChI=1S/C16H15F3N2O4S/c1-9-14(20-12(26-9)7-16(17,18)19)25-8-10-5-3-4-6-11(10)13(15(22)23)21-24-2/h3-6H,7-8H2,1-2H3,(H,22,23)/b21-13+. The molecule has 6 nitrogen and oxygen atoms in total. The average Bonchev–Trinajstić information content (AvgIpc) is 2.88. The van der Waals surface area contributed by atoms with Gasteiger partial charge in [0, 0.05) is 5.56 Å². The van der Waals surface area contributed by atoms with Gasteiger partial charge in [0.25, 0.3) is 0 Å². The molecule has 1 N–H and O–H groups in total. The molecule has 140 valence electrons. The molecule has 0 aliphatic rings. The molecule has 0 radical (unpaired) electrons. The number of aryl methyl sites for hydroxylation is 1. The van der Waals surface area contributed by atoms with Gasteiger partial charge in [-0.3, -0.25) is 0 Å². The summed E-state index contributed by atoms with van der Waals surface area (Å²) in [6.07, 6.45) is -5.47. The zero-order valence-corrected chi connectivity index (χ0v) is 14.6. The maximum atomic E-state index is 12.5. The Hall–Kier alpha value is -2.62. The molecule has 1 aromatic heterocycles. The van der Waals surface area contributed by atoms with Crippen molar-refractivity contribution in [3.63, 3.8) is 0 Å². The lowest BCUT2D eigenvalue weighted by Crippen LogP contribution is -2.17. The van der Waals surface area contributed by atoms with Crippen molar-refractivity contribution in [2.24, 2.45) is 5.16 Å². The topological polar surface area (TPSA) is 81.0 Å². The van der Waals surface area contributed by atoms with Crippen LogP contribution in [0.15, 0.2) is 29.4 Å². The van der Waals surface area contributed by atoms with Gasteiger partial charge in [-0.15, -0.1) is 11.3 Å². The maximum absolute atomic E-state index is 12.5. The first-order valence-electron chi connectivity index (χ1n) is 7.30. The second-order valence-corrected chi connectivity index (χ2v) is 6.42. The van der Waals surface area contributed by atoms with E-state index in [2.05, 4.69) is 15.0 Å². The predicted molar refractivity (Wildman–Crippen MR) is 88.6 cm³/mol. The largest absolute Gasteiger partial charge is 0.476 e. The quantitative estimate of drug-likeness (QED) is 0.579. The molecule has 0 amide bonds. The molecule has 0 spiro atoms. The molecule has 10 heteroatoms. The van der Waals surface area contributed by atoms with Gasteiger partial charge in [0.05, 0.1) is 11.3 Å². The summed E-state index contributed by atoms with van der Waals surface area (Å²) in [4.78, 5) is 20.3. The summed E-state index contributed by atoms with van der Waals surface area (Å²) in [5.74, 6) is -1.19. The summed E-state index contributed by atoms with van der Waals surface area (Å²) >= 11 is 0.906. The maximum Gasteiger partial charge on any atom is 0.395 e. The molecule has 0 bridgehead atoms. The van der Waals surface area contributed by atoms with Gasteiger partial charge >= 0.3 is 12.1 Å². The lowest BCUT2D eigenvalue weighted by atomic mass is 10.0. The highest BCUT2D eigenvalue weighted by atomic mass is 32.1. The molecule has 2 rings (SSSR count). The second kappa shape index (κ2) is 8.17. The first kappa shape index (κ1) is 19.7.